The maximum absolute atomic E-state index is 14.7. The van der Waals surface area contributed by atoms with Gasteiger partial charge < -0.3 is 9.80 Å². The summed E-state index contributed by atoms with van der Waals surface area (Å²) in [4.78, 5) is 21.5. The zero-order valence-electron chi connectivity index (χ0n) is 18.7. The zero-order valence-corrected chi connectivity index (χ0v) is 18.7. The molecule has 9 nitrogen and oxygen atoms in total. The second kappa shape index (κ2) is 8.71. The minimum atomic E-state index is -0.525. The van der Waals surface area contributed by atoms with Crippen LogP contribution >= 0.6 is 0 Å². The predicted molar refractivity (Wildman–Crippen MR) is 129 cm³/mol. The molecular weight excluding hydrogens is 447 g/mol. The van der Waals surface area contributed by atoms with E-state index in [1.165, 1.54) is 6.07 Å². The van der Waals surface area contributed by atoms with Crippen LogP contribution in [-0.4, -0.2) is 67.6 Å². The summed E-state index contributed by atoms with van der Waals surface area (Å²) < 4.78 is 14.7. The topological polar surface area (TPSA) is 104 Å². The Morgan fingerprint density at radius 1 is 1.00 bits per heavy atom. The number of piperazine rings is 1. The normalized spacial score (nSPS) is 14.1. The molecule has 0 saturated carbocycles. The van der Waals surface area contributed by atoms with Gasteiger partial charge >= 0.3 is 0 Å². The number of hydrogen-bond acceptors (Lipinski definition) is 7. The first kappa shape index (κ1) is 21.1. The van der Waals surface area contributed by atoms with Crippen molar-refractivity contribution in [2.45, 2.75) is 6.42 Å². The molecule has 1 saturated heterocycles. The highest BCUT2D eigenvalue weighted by molar-refractivity contribution is 5.95. The molecule has 0 unspecified atom stereocenters. The van der Waals surface area contributed by atoms with Gasteiger partial charge in [0.25, 0.3) is 5.91 Å². The minimum Gasteiger partial charge on any atom is -0.353 e. The van der Waals surface area contributed by atoms with Crippen molar-refractivity contribution < 1.29 is 9.18 Å². The fourth-order valence-corrected chi connectivity index (χ4v) is 4.47. The van der Waals surface area contributed by atoms with Crippen molar-refractivity contribution in [3.63, 3.8) is 0 Å². The SMILES string of the molecule is O=C(c1cc(Cc2nncc3ccccc23)ccc1F)N1CCN(c2ccc3n[nH]nc3n2)CC1. The second-order valence-corrected chi connectivity index (χ2v) is 8.48. The van der Waals surface area contributed by atoms with E-state index >= 15 is 0 Å². The molecule has 5 aromatic rings. The molecule has 4 heterocycles. The van der Waals surface area contributed by atoms with Crippen LogP contribution in [0, 0.1) is 5.82 Å². The highest BCUT2D eigenvalue weighted by Crippen LogP contribution is 2.22. The van der Waals surface area contributed by atoms with Crippen LogP contribution in [0.1, 0.15) is 21.6 Å². The smallest absolute Gasteiger partial charge is 0.256 e. The number of carbonyl (C=O) groups is 1. The van der Waals surface area contributed by atoms with Crippen molar-refractivity contribution in [3.8, 4) is 0 Å². The zero-order chi connectivity index (χ0) is 23.8. The van der Waals surface area contributed by atoms with Gasteiger partial charge in [-0.25, -0.2) is 9.37 Å². The molecular formula is C25H21FN8O. The van der Waals surface area contributed by atoms with Gasteiger partial charge in [0.2, 0.25) is 5.65 Å². The number of nitrogens with zero attached hydrogens (tertiary/aromatic N) is 7. The molecule has 10 heteroatoms. The van der Waals surface area contributed by atoms with Crippen LogP contribution in [0.15, 0.2) is 60.8 Å². The van der Waals surface area contributed by atoms with Crippen LogP contribution in [0.4, 0.5) is 10.2 Å². The van der Waals surface area contributed by atoms with E-state index in [9.17, 15) is 9.18 Å². The van der Waals surface area contributed by atoms with Gasteiger partial charge in [-0.3, -0.25) is 4.79 Å². The van der Waals surface area contributed by atoms with E-state index in [1.54, 1.807) is 23.2 Å². The Bertz CT molecular complexity index is 1540. The number of nitrogens with one attached hydrogen (secondary N) is 1. The maximum atomic E-state index is 14.7. The lowest BCUT2D eigenvalue weighted by molar-refractivity contribution is 0.0741. The Morgan fingerprint density at radius 2 is 1.86 bits per heavy atom. The van der Waals surface area contributed by atoms with Gasteiger partial charge in [-0.15, -0.1) is 5.10 Å². The quantitative estimate of drug-likeness (QED) is 0.432. The summed E-state index contributed by atoms with van der Waals surface area (Å²) in [6.07, 6.45) is 2.18. The lowest BCUT2D eigenvalue weighted by Crippen LogP contribution is -2.49. The van der Waals surface area contributed by atoms with Crippen LogP contribution in [0.5, 0.6) is 0 Å². The third-order valence-electron chi connectivity index (χ3n) is 6.34. The fourth-order valence-electron chi connectivity index (χ4n) is 4.47. The van der Waals surface area contributed by atoms with E-state index in [-0.39, 0.29) is 11.5 Å². The fraction of sp³-hybridized carbons (Fsp3) is 0.200. The van der Waals surface area contributed by atoms with Crippen LogP contribution < -0.4 is 4.90 Å². The summed E-state index contributed by atoms with van der Waals surface area (Å²) in [5.41, 5.74) is 2.93. The molecule has 0 radical (unpaired) electrons. The lowest BCUT2D eigenvalue weighted by atomic mass is 10.0. The number of amides is 1. The molecule has 3 aromatic heterocycles. The number of H-pyrrole nitrogens is 1. The summed E-state index contributed by atoms with van der Waals surface area (Å²) in [5.74, 6) is -0.0564. The Morgan fingerprint density at radius 3 is 2.74 bits per heavy atom. The van der Waals surface area contributed by atoms with Gasteiger partial charge in [-0.2, -0.15) is 20.5 Å². The largest absolute Gasteiger partial charge is 0.353 e. The third-order valence-corrected chi connectivity index (χ3v) is 6.34. The monoisotopic (exact) mass is 468 g/mol. The summed E-state index contributed by atoms with van der Waals surface area (Å²) in [5, 5.41) is 21.0. The second-order valence-electron chi connectivity index (χ2n) is 8.48. The van der Waals surface area contributed by atoms with Crippen LogP contribution in [0.3, 0.4) is 0 Å². The summed E-state index contributed by atoms with van der Waals surface area (Å²) >= 11 is 0. The first-order valence-electron chi connectivity index (χ1n) is 11.4. The van der Waals surface area contributed by atoms with Crippen LogP contribution in [0.2, 0.25) is 0 Å². The Labute approximate surface area is 199 Å². The van der Waals surface area contributed by atoms with Crippen molar-refractivity contribution in [2.75, 3.05) is 31.1 Å². The molecule has 1 aliphatic rings. The number of hydrogen-bond donors (Lipinski definition) is 1. The molecule has 2 aromatic carbocycles. The maximum Gasteiger partial charge on any atom is 0.256 e. The molecule has 1 N–H and O–H groups in total. The molecule has 6 rings (SSSR count). The van der Waals surface area contributed by atoms with Crippen LogP contribution in [-0.2, 0) is 6.42 Å². The van der Waals surface area contributed by atoms with Crippen molar-refractivity contribution >= 4 is 33.7 Å². The van der Waals surface area contributed by atoms with E-state index < -0.39 is 5.82 Å². The van der Waals surface area contributed by atoms with E-state index in [0.29, 0.717) is 43.8 Å². The molecule has 1 fully saturated rings. The molecule has 0 aliphatic carbocycles. The summed E-state index contributed by atoms with van der Waals surface area (Å²) in [6, 6.07) is 16.3. The number of benzene rings is 2. The Balaban J connectivity index is 1.18. The first-order chi connectivity index (χ1) is 17.2. The number of fused-ring (bicyclic) bond motifs is 2. The van der Waals surface area contributed by atoms with Crippen LogP contribution in [0.25, 0.3) is 21.9 Å². The van der Waals surface area contributed by atoms with Gasteiger partial charge in [-0.05, 0) is 29.8 Å². The molecule has 0 bridgehead atoms. The molecule has 1 amide bonds. The van der Waals surface area contributed by atoms with Crippen molar-refractivity contribution in [1.29, 1.82) is 0 Å². The highest BCUT2D eigenvalue weighted by atomic mass is 19.1. The Hall–Kier alpha value is -4.47. The van der Waals surface area contributed by atoms with E-state index in [2.05, 4.69) is 35.5 Å². The minimum absolute atomic E-state index is 0.0753. The van der Waals surface area contributed by atoms with Gasteiger partial charge in [0.05, 0.1) is 17.5 Å². The highest BCUT2D eigenvalue weighted by Gasteiger charge is 2.25. The van der Waals surface area contributed by atoms with E-state index in [0.717, 1.165) is 27.8 Å². The number of pyridine rings is 1. The average molecular weight is 468 g/mol. The van der Waals surface area contributed by atoms with Gasteiger partial charge in [0, 0.05) is 43.4 Å². The van der Waals surface area contributed by atoms with Gasteiger partial charge in [0.15, 0.2) is 0 Å². The molecule has 0 atom stereocenters. The number of halogens is 1. The number of aromatic nitrogens is 6. The first-order valence-corrected chi connectivity index (χ1v) is 11.4. The summed E-state index contributed by atoms with van der Waals surface area (Å²) in [6.45, 7) is 2.12. The van der Waals surface area contributed by atoms with Crippen molar-refractivity contribution in [2.24, 2.45) is 0 Å². The van der Waals surface area contributed by atoms with Crippen molar-refractivity contribution in [3.05, 3.63) is 83.4 Å². The lowest BCUT2D eigenvalue weighted by Gasteiger charge is -2.35. The van der Waals surface area contributed by atoms with Gasteiger partial charge in [0.1, 0.15) is 17.2 Å². The average Bonchev–Trinajstić information content (AvgIpc) is 3.38. The molecule has 35 heavy (non-hydrogen) atoms. The molecule has 0 spiro atoms. The Kier molecular flexibility index (Phi) is 5.25. The van der Waals surface area contributed by atoms with Crippen molar-refractivity contribution in [1.82, 2.24) is 35.5 Å². The molecule has 1 aliphatic heterocycles. The number of aromatic amines is 1. The standard InChI is InChI=1S/C25H21FN8O/c26-20-6-5-16(14-22-18-4-2-1-3-17(18)15-27-29-22)13-19(20)25(35)34-11-9-33(10-12-34)23-8-7-21-24(28-23)31-32-30-21/h1-8,13,15H,9-12,14H2,(H,28,30,31,32). The third kappa shape index (κ3) is 4.03. The van der Waals surface area contributed by atoms with E-state index in [1.807, 2.05) is 36.4 Å². The number of carbonyl (C=O) groups excluding carboxylic acids is 1. The van der Waals surface area contributed by atoms with Gasteiger partial charge in [-0.1, -0.05) is 30.3 Å². The number of anilines is 1. The number of rotatable bonds is 4. The van der Waals surface area contributed by atoms with E-state index in [4.69, 9.17) is 0 Å². The molecule has 174 valence electrons. The predicted octanol–water partition coefficient (Wildman–Crippen LogP) is 2.99. The summed E-state index contributed by atoms with van der Waals surface area (Å²) in [7, 11) is 0.